The molecular weight excluding hydrogens is 315 g/mol. The van der Waals surface area contributed by atoms with Crippen LogP contribution in [0.3, 0.4) is 0 Å². The van der Waals surface area contributed by atoms with Crippen molar-refractivity contribution in [2.75, 3.05) is 13.6 Å². The Hall–Kier alpha value is -1.88. The van der Waals surface area contributed by atoms with Gasteiger partial charge in [-0.25, -0.2) is 4.39 Å². The number of fused-ring (bicyclic) bond motifs is 1. The Morgan fingerprint density at radius 3 is 2.74 bits per heavy atom. The molecule has 1 heterocycles. The first-order valence-corrected chi connectivity index (χ1v) is 7.82. The minimum absolute atomic E-state index is 0.318. The Morgan fingerprint density at radius 2 is 2.00 bits per heavy atom. The molecule has 5 heteroatoms. The maximum absolute atomic E-state index is 13.8. The highest BCUT2D eigenvalue weighted by atomic mass is 35.5. The number of aliphatic hydroxyl groups excluding tert-OH is 1. The van der Waals surface area contributed by atoms with Crippen LogP contribution in [0.25, 0.3) is 10.9 Å². The summed E-state index contributed by atoms with van der Waals surface area (Å²) in [7, 11) is 1.77. The van der Waals surface area contributed by atoms with Crippen molar-refractivity contribution >= 4 is 22.5 Å². The Labute approximate surface area is 139 Å². The number of nitrogens with one attached hydrogen (secondary N) is 1. The van der Waals surface area contributed by atoms with E-state index in [4.69, 9.17) is 11.6 Å². The molecule has 23 heavy (non-hydrogen) atoms. The first-order valence-electron chi connectivity index (χ1n) is 7.44. The first kappa shape index (κ1) is 16.0. The summed E-state index contributed by atoms with van der Waals surface area (Å²) in [4.78, 5) is 0. The fourth-order valence-electron chi connectivity index (χ4n) is 2.98. The first-order chi connectivity index (χ1) is 11.1. The molecule has 0 saturated heterocycles. The van der Waals surface area contributed by atoms with E-state index >= 15 is 0 Å². The number of benzene rings is 2. The van der Waals surface area contributed by atoms with E-state index in [1.807, 2.05) is 41.1 Å². The zero-order valence-electron chi connectivity index (χ0n) is 12.7. The van der Waals surface area contributed by atoms with Gasteiger partial charge >= 0.3 is 0 Å². The molecule has 120 valence electrons. The van der Waals surface area contributed by atoms with Crippen molar-refractivity contribution in [1.29, 1.82) is 0 Å². The maximum Gasteiger partial charge on any atom is 0.125 e. The third-order valence-corrected chi connectivity index (χ3v) is 4.15. The van der Waals surface area contributed by atoms with E-state index in [1.165, 1.54) is 12.1 Å². The molecule has 0 aliphatic heterocycles. The van der Waals surface area contributed by atoms with E-state index < -0.39 is 18.0 Å². The zero-order chi connectivity index (χ0) is 16.4. The van der Waals surface area contributed by atoms with Gasteiger partial charge in [0.1, 0.15) is 5.82 Å². The van der Waals surface area contributed by atoms with Crippen molar-refractivity contribution in [2.45, 2.75) is 12.1 Å². The van der Waals surface area contributed by atoms with Crippen LogP contribution in [0.2, 0.25) is 5.02 Å². The van der Waals surface area contributed by atoms with Crippen LogP contribution in [0.4, 0.5) is 4.39 Å². The topological polar surface area (TPSA) is 37.2 Å². The fraction of sp³-hybridized carbons (Fsp3) is 0.222. The minimum atomic E-state index is -0.728. The molecule has 0 radical (unpaired) electrons. The van der Waals surface area contributed by atoms with Gasteiger partial charge in [0.05, 0.1) is 12.1 Å². The molecule has 3 nitrogen and oxygen atoms in total. The molecule has 2 unspecified atom stereocenters. The van der Waals surface area contributed by atoms with Crippen LogP contribution < -0.4 is 5.32 Å². The number of rotatable bonds is 5. The van der Waals surface area contributed by atoms with Gasteiger partial charge in [0.15, 0.2) is 0 Å². The molecule has 0 saturated carbocycles. The molecule has 0 bridgehead atoms. The van der Waals surface area contributed by atoms with E-state index in [0.717, 1.165) is 10.9 Å². The summed E-state index contributed by atoms with van der Waals surface area (Å²) in [6, 6.07) is 13.8. The molecule has 0 aliphatic rings. The average Bonchev–Trinajstić information content (AvgIpc) is 2.91. The molecule has 0 fully saturated rings. The molecule has 2 N–H and O–H groups in total. The smallest absolute Gasteiger partial charge is 0.125 e. The van der Waals surface area contributed by atoms with E-state index in [9.17, 15) is 9.50 Å². The molecule has 0 amide bonds. The van der Waals surface area contributed by atoms with Crippen LogP contribution in [0.1, 0.15) is 11.6 Å². The maximum atomic E-state index is 13.8. The van der Waals surface area contributed by atoms with Crippen molar-refractivity contribution in [3.05, 3.63) is 71.1 Å². The highest BCUT2D eigenvalue weighted by Gasteiger charge is 2.24. The molecule has 0 spiro atoms. The summed E-state index contributed by atoms with van der Waals surface area (Å²) in [5, 5.41) is 15.0. The van der Waals surface area contributed by atoms with Crippen molar-refractivity contribution in [2.24, 2.45) is 0 Å². The van der Waals surface area contributed by atoms with Gasteiger partial charge in [-0.15, -0.1) is 0 Å². The summed E-state index contributed by atoms with van der Waals surface area (Å²) in [5.74, 6) is -0.411. The zero-order valence-corrected chi connectivity index (χ0v) is 13.5. The Kier molecular flexibility index (Phi) is 4.66. The quantitative estimate of drug-likeness (QED) is 0.749. The lowest BCUT2D eigenvalue weighted by molar-refractivity contribution is 0.132. The predicted octanol–water partition coefficient (Wildman–Crippen LogP) is 3.60. The number of likely N-dealkylation sites (N-methyl/N-ethyl adjacent to an activating group) is 1. The SMILES string of the molecule is CNCC(O)C(c1cc(F)cc(Cl)c1)n1ccc2ccccc21. The van der Waals surface area contributed by atoms with Crippen LogP contribution in [0, 0.1) is 5.82 Å². The number of halogens is 2. The third-order valence-electron chi connectivity index (χ3n) is 3.93. The monoisotopic (exact) mass is 332 g/mol. The van der Waals surface area contributed by atoms with E-state index in [0.29, 0.717) is 17.1 Å². The molecule has 1 aromatic heterocycles. The van der Waals surface area contributed by atoms with Crippen LogP contribution in [-0.2, 0) is 0 Å². The second-order valence-electron chi connectivity index (χ2n) is 5.55. The van der Waals surface area contributed by atoms with Gasteiger partial charge in [-0.1, -0.05) is 29.8 Å². The van der Waals surface area contributed by atoms with Gasteiger partial charge in [-0.2, -0.15) is 0 Å². The van der Waals surface area contributed by atoms with Gasteiger partial charge in [-0.05, 0) is 48.3 Å². The van der Waals surface area contributed by atoms with Gasteiger partial charge in [-0.3, -0.25) is 0 Å². The summed E-state index contributed by atoms with van der Waals surface area (Å²) < 4.78 is 15.8. The van der Waals surface area contributed by atoms with E-state index in [1.54, 1.807) is 13.1 Å². The largest absolute Gasteiger partial charge is 0.389 e. The van der Waals surface area contributed by atoms with Gasteiger partial charge in [0.25, 0.3) is 0 Å². The lowest BCUT2D eigenvalue weighted by atomic mass is 10.0. The summed E-state index contributed by atoms with van der Waals surface area (Å²) in [6.07, 6.45) is 1.18. The van der Waals surface area contributed by atoms with E-state index in [-0.39, 0.29) is 0 Å². The lowest BCUT2D eigenvalue weighted by Gasteiger charge is -2.26. The average molecular weight is 333 g/mol. The predicted molar refractivity (Wildman–Crippen MR) is 91.4 cm³/mol. The number of para-hydroxylation sites is 1. The van der Waals surface area contributed by atoms with Gasteiger partial charge < -0.3 is 15.0 Å². The van der Waals surface area contributed by atoms with Crippen LogP contribution in [-0.4, -0.2) is 29.4 Å². The molecule has 2 atom stereocenters. The Bertz CT molecular complexity index is 797. The van der Waals surface area contributed by atoms with Gasteiger partial charge in [0, 0.05) is 23.3 Å². The molecular formula is C18H18ClFN2O. The standard InChI is InChI=1S/C18H18ClFN2O/c1-21-11-17(23)18(13-8-14(19)10-15(20)9-13)22-7-6-12-4-2-3-5-16(12)22/h2-10,17-18,21,23H,11H2,1H3. The highest BCUT2D eigenvalue weighted by molar-refractivity contribution is 6.30. The minimum Gasteiger partial charge on any atom is -0.389 e. The van der Waals surface area contributed by atoms with Crippen LogP contribution in [0.5, 0.6) is 0 Å². The molecule has 3 rings (SSSR count). The number of hydrogen-bond donors (Lipinski definition) is 2. The van der Waals surface area contributed by atoms with Gasteiger partial charge in [0.2, 0.25) is 0 Å². The van der Waals surface area contributed by atoms with E-state index in [2.05, 4.69) is 5.32 Å². The van der Waals surface area contributed by atoms with Crippen molar-refractivity contribution in [1.82, 2.24) is 9.88 Å². The molecule has 0 aliphatic carbocycles. The van der Waals surface area contributed by atoms with Crippen molar-refractivity contribution in [3.63, 3.8) is 0 Å². The van der Waals surface area contributed by atoms with Crippen molar-refractivity contribution in [3.8, 4) is 0 Å². The second-order valence-corrected chi connectivity index (χ2v) is 5.99. The summed E-state index contributed by atoms with van der Waals surface area (Å²) in [6.45, 7) is 0.380. The lowest BCUT2D eigenvalue weighted by Crippen LogP contribution is -2.33. The van der Waals surface area contributed by atoms with Crippen LogP contribution in [0.15, 0.2) is 54.7 Å². The second kappa shape index (κ2) is 6.71. The number of hydrogen-bond acceptors (Lipinski definition) is 2. The summed E-state index contributed by atoms with van der Waals surface area (Å²) >= 11 is 6.01. The Morgan fingerprint density at radius 1 is 1.22 bits per heavy atom. The molecule has 3 aromatic rings. The van der Waals surface area contributed by atoms with Crippen molar-refractivity contribution < 1.29 is 9.50 Å². The number of nitrogens with zero attached hydrogens (tertiary/aromatic N) is 1. The molecule has 2 aromatic carbocycles. The number of aromatic nitrogens is 1. The number of aliphatic hydroxyl groups is 1. The summed E-state index contributed by atoms with van der Waals surface area (Å²) in [5.41, 5.74) is 1.62. The fourth-order valence-corrected chi connectivity index (χ4v) is 3.21. The van der Waals surface area contributed by atoms with Crippen LogP contribution >= 0.6 is 11.6 Å². The highest BCUT2D eigenvalue weighted by Crippen LogP contribution is 2.30. The Balaban J connectivity index is 2.15. The normalized spacial score (nSPS) is 14.1. The third kappa shape index (κ3) is 3.24.